The second kappa shape index (κ2) is 4.10. The van der Waals surface area contributed by atoms with Gasteiger partial charge in [0.05, 0.1) is 6.42 Å². The highest BCUT2D eigenvalue weighted by Gasteiger charge is 2.23. The monoisotopic (exact) mass is 168 g/mol. The second-order valence-corrected chi connectivity index (χ2v) is 3.40. The molecule has 0 aromatic heterocycles. The fourth-order valence-electron chi connectivity index (χ4n) is 1.27. The number of carbonyl (C=O) groups is 1. The van der Waals surface area contributed by atoms with Crippen molar-refractivity contribution in [3.63, 3.8) is 0 Å². The molecule has 12 heavy (non-hydrogen) atoms. The van der Waals surface area contributed by atoms with Crippen molar-refractivity contribution in [3.05, 3.63) is 24.3 Å². The summed E-state index contributed by atoms with van der Waals surface area (Å²) >= 11 is 0. The van der Waals surface area contributed by atoms with Crippen molar-refractivity contribution >= 4 is 5.97 Å². The van der Waals surface area contributed by atoms with Gasteiger partial charge in [-0.25, -0.2) is 0 Å². The summed E-state index contributed by atoms with van der Waals surface area (Å²) in [6.45, 7) is 9.34. The molecule has 0 aromatic carbocycles. The molecule has 1 N–H and O–H groups in total. The smallest absolute Gasteiger partial charge is 0.304 e. The van der Waals surface area contributed by atoms with Crippen LogP contribution < -0.4 is 0 Å². The lowest BCUT2D eigenvalue weighted by atomic mass is 9.81. The molecule has 0 radical (unpaired) electrons. The Morgan fingerprint density at radius 1 is 1.58 bits per heavy atom. The summed E-state index contributed by atoms with van der Waals surface area (Å²) in [7, 11) is 0. The first-order valence-corrected chi connectivity index (χ1v) is 3.95. The molecule has 0 amide bonds. The van der Waals surface area contributed by atoms with Gasteiger partial charge in [-0.05, 0) is 17.9 Å². The topological polar surface area (TPSA) is 37.3 Å². The Kier molecular flexibility index (Phi) is 3.74. The molecule has 2 nitrogen and oxygen atoms in total. The number of hydrogen-bond acceptors (Lipinski definition) is 1. The number of carboxylic acid groups (broad SMARTS) is 1. The summed E-state index contributed by atoms with van der Waals surface area (Å²) < 4.78 is 0. The van der Waals surface area contributed by atoms with Gasteiger partial charge in [0.15, 0.2) is 0 Å². The van der Waals surface area contributed by atoms with Crippen LogP contribution in [0.2, 0.25) is 0 Å². The van der Waals surface area contributed by atoms with E-state index in [0.29, 0.717) is 0 Å². The maximum absolute atomic E-state index is 10.5. The fourth-order valence-corrected chi connectivity index (χ4v) is 1.27. The lowest BCUT2D eigenvalue weighted by Gasteiger charge is -2.23. The number of hydrogen-bond donors (Lipinski definition) is 1. The van der Waals surface area contributed by atoms with Gasteiger partial charge in [0.2, 0.25) is 0 Å². The zero-order chi connectivity index (χ0) is 9.78. The fraction of sp³-hybridized carbons (Fsp3) is 0.500. The molecule has 0 saturated heterocycles. The maximum atomic E-state index is 10.5. The molecule has 0 bridgehead atoms. The zero-order valence-corrected chi connectivity index (χ0v) is 7.92. The molecule has 0 atom stereocenters. The third-order valence-corrected chi connectivity index (χ3v) is 1.91. The number of rotatable bonds is 4. The molecule has 0 rings (SSSR count). The first kappa shape index (κ1) is 11.0. The lowest BCUT2D eigenvalue weighted by molar-refractivity contribution is -0.138. The first-order chi connectivity index (χ1) is 5.44. The SMILES string of the molecule is C=C/C(=C\C)C(C)(C)CC(=O)O. The van der Waals surface area contributed by atoms with Crippen LogP contribution >= 0.6 is 0 Å². The Morgan fingerprint density at radius 2 is 2.08 bits per heavy atom. The van der Waals surface area contributed by atoms with Gasteiger partial charge in [-0.3, -0.25) is 4.79 Å². The van der Waals surface area contributed by atoms with Crippen LogP contribution in [0.25, 0.3) is 0 Å². The van der Waals surface area contributed by atoms with Crippen LogP contribution in [0, 0.1) is 5.41 Å². The standard InChI is InChI=1S/C10H16O2/c1-5-8(6-2)10(3,4)7-9(11)12/h5-6H,1,7H2,2-4H3,(H,11,12)/b8-6+. The van der Waals surface area contributed by atoms with Crippen molar-refractivity contribution in [2.24, 2.45) is 5.41 Å². The van der Waals surface area contributed by atoms with Gasteiger partial charge in [-0.2, -0.15) is 0 Å². The van der Waals surface area contributed by atoms with Crippen molar-refractivity contribution < 1.29 is 9.90 Å². The van der Waals surface area contributed by atoms with Crippen LogP contribution in [-0.4, -0.2) is 11.1 Å². The predicted octanol–water partition coefficient (Wildman–Crippen LogP) is 2.62. The van der Waals surface area contributed by atoms with Crippen LogP contribution in [0.4, 0.5) is 0 Å². The van der Waals surface area contributed by atoms with E-state index in [1.807, 2.05) is 26.8 Å². The Bertz CT molecular complexity index is 212. The summed E-state index contributed by atoms with van der Waals surface area (Å²) in [5.41, 5.74) is 0.660. The molecule has 0 saturated carbocycles. The minimum atomic E-state index is -0.777. The van der Waals surface area contributed by atoms with E-state index in [1.54, 1.807) is 6.08 Å². The number of carboxylic acids is 1. The molecule has 2 heteroatoms. The predicted molar refractivity (Wildman–Crippen MR) is 50.0 cm³/mol. The normalized spacial score (nSPS) is 12.8. The second-order valence-electron chi connectivity index (χ2n) is 3.40. The van der Waals surface area contributed by atoms with Gasteiger partial charge < -0.3 is 5.11 Å². The van der Waals surface area contributed by atoms with Crippen LogP contribution in [0.15, 0.2) is 24.3 Å². The van der Waals surface area contributed by atoms with E-state index in [2.05, 4.69) is 6.58 Å². The quantitative estimate of drug-likeness (QED) is 0.655. The van der Waals surface area contributed by atoms with Crippen molar-refractivity contribution in [2.75, 3.05) is 0 Å². The highest BCUT2D eigenvalue weighted by atomic mass is 16.4. The summed E-state index contributed by atoms with van der Waals surface area (Å²) in [5, 5.41) is 8.63. The minimum Gasteiger partial charge on any atom is -0.481 e. The molecular weight excluding hydrogens is 152 g/mol. The Hall–Kier alpha value is -1.05. The van der Waals surface area contributed by atoms with E-state index >= 15 is 0 Å². The van der Waals surface area contributed by atoms with Gasteiger partial charge in [-0.15, -0.1) is 0 Å². The van der Waals surface area contributed by atoms with E-state index in [1.165, 1.54) is 0 Å². The number of aliphatic carboxylic acids is 1. The highest BCUT2D eigenvalue weighted by Crippen LogP contribution is 2.30. The summed E-state index contributed by atoms with van der Waals surface area (Å²) in [6, 6.07) is 0. The van der Waals surface area contributed by atoms with E-state index in [4.69, 9.17) is 5.11 Å². The van der Waals surface area contributed by atoms with Crippen LogP contribution in [0.3, 0.4) is 0 Å². The van der Waals surface area contributed by atoms with Crippen molar-refractivity contribution in [1.82, 2.24) is 0 Å². The maximum Gasteiger partial charge on any atom is 0.304 e. The van der Waals surface area contributed by atoms with Gasteiger partial charge in [0.1, 0.15) is 0 Å². The molecule has 0 unspecified atom stereocenters. The highest BCUT2D eigenvalue weighted by molar-refractivity contribution is 5.68. The third kappa shape index (κ3) is 2.91. The van der Waals surface area contributed by atoms with E-state index < -0.39 is 5.97 Å². The number of allylic oxidation sites excluding steroid dienone is 3. The Balaban J connectivity index is 4.58. The molecule has 0 aliphatic carbocycles. The third-order valence-electron chi connectivity index (χ3n) is 1.91. The largest absolute Gasteiger partial charge is 0.481 e. The van der Waals surface area contributed by atoms with E-state index in [9.17, 15) is 4.79 Å². The molecule has 0 aromatic rings. The van der Waals surface area contributed by atoms with Crippen LogP contribution in [-0.2, 0) is 4.79 Å². The summed E-state index contributed by atoms with van der Waals surface area (Å²) in [6.07, 6.45) is 3.75. The average molecular weight is 168 g/mol. The van der Waals surface area contributed by atoms with Crippen molar-refractivity contribution in [2.45, 2.75) is 27.2 Å². The molecular formula is C10H16O2. The van der Waals surface area contributed by atoms with Crippen LogP contribution in [0.5, 0.6) is 0 Å². The Morgan fingerprint density at radius 3 is 2.33 bits per heavy atom. The molecule has 68 valence electrons. The minimum absolute atomic E-state index is 0.138. The van der Waals surface area contributed by atoms with Crippen LogP contribution in [0.1, 0.15) is 27.2 Å². The van der Waals surface area contributed by atoms with Gasteiger partial charge in [-0.1, -0.05) is 32.6 Å². The van der Waals surface area contributed by atoms with E-state index in [0.717, 1.165) is 5.57 Å². The van der Waals surface area contributed by atoms with Crippen molar-refractivity contribution in [1.29, 1.82) is 0 Å². The molecule has 0 fully saturated rings. The van der Waals surface area contributed by atoms with Gasteiger partial charge in [0.25, 0.3) is 0 Å². The Labute approximate surface area is 73.6 Å². The summed E-state index contributed by atoms with van der Waals surface area (Å²) in [4.78, 5) is 10.5. The zero-order valence-electron chi connectivity index (χ0n) is 7.92. The van der Waals surface area contributed by atoms with E-state index in [-0.39, 0.29) is 11.8 Å². The molecule has 0 aliphatic heterocycles. The molecule has 0 spiro atoms. The molecule has 0 aliphatic rings. The summed E-state index contributed by atoms with van der Waals surface area (Å²) in [5.74, 6) is -0.777. The van der Waals surface area contributed by atoms with Gasteiger partial charge >= 0.3 is 5.97 Å². The first-order valence-electron chi connectivity index (χ1n) is 3.95. The van der Waals surface area contributed by atoms with Gasteiger partial charge in [0, 0.05) is 0 Å². The van der Waals surface area contributed by atoms with Crippen molar-refractivity contribution in [3.8, 4) is 0 Å². The lowest BCUT2D eigenvalue weighted by Crippen LogP contribution is -2.18. The molecule has 0 heterocycles. The average Bonchev–Trinajstić information content (AvgIpc) is 1.85.